The van der Waals surface area contributed by atoms with Crippen molar-refractivity contribution in [2.45, 2.75) is 97.8 Å². The van der Waals surface area contributed by atoms with E-state index in [0.29, 0.717) is 17.7 Å². The number of nitrogens with one attached hydrogen (secondary N) is 2. The van der Waals surface area contributed by atoms with E-state index in [1.54, 1.807) is 45.0 Å². The second kappa shape index (κ2) is 15.8. The highest BCUT2D eigenvalue weighted by molar-refractivity contribution is 6.00. The molecular formula is C32H46N4O5. The zero-order valence-corrected chi connectivity index (χ0v) is 25.3. The van der Waals surface area contributed by atoms with Gasteiger partial charge >= 0.3 is 6.09 Å². The lowest BCUT2D eigenvalue weighted by atomic mass is 10.0. The highest BCUT2D eigenvalue weighted by atomic mass is 16.6. The Hall–Kier alpha value is -3.88. The number of nitrogens with two attached hydrogens (primary N) is 1. The van der Waals surface area contributed by atoms with Crippen molar-refractivity contribution in [2.24, 2.45) is 5.73 Å². The number of nitrogens with zero attached hydrogens (tertiary/aromatic N) is 1. The van der Waals surface area contributed by atoms with Gasteiger partial charge in [-0.1, -0.05) is 81.1 Å². The molecule has 2 aromatic carbocycles. The van der Waals surface area contributed by atoms with Crippen molar-refractivity contribution in [3.63, 3.8) is 0 Å². The van der Waals surface area contributed by atoms with Crippen molar-refractivity contribution < 1.29 is 23.9 Å². The van der Waals surface area contributed by atoms with Gasteiger partial charge in [-0.25, -0.2) is 4.79 Å². The number of rotatable bonds is 14. The lowest BCUT2D eigenvalue weighted by Gasteiger charge is -2.34. The molecule has 4 N–H and O–H groups in total. The number of alkyl carbamates (subject to hydrolysis) is 1. The number of carbonyl (C=O) groups excluding carboxylic acids is 4. The van der Waals surface area contributed by atoms with E-state index in [0.717, 1.165) is 36.8 Å². The number of amides is 4. The number of ether oxygens (including phenoxy) is 1. The fourth-order valence-corrected chi connectivity index (χ4v) is 4.61. The summed E-state index contributed by atoms with van der Waals surface area (Å²) < 4.78 is 5.35. The van der Waals surface area contributed by atoms with Crippen LogP contribution in [0.4, 0.5) is 10.5 Å². The molecule has 0 aliphatic heterocycles. The largest absolute Gasteiger partial charge is 0.444 e. The molecule has 0 aliphatic rings. The van der Waals surface area contributed by atoms with E-state index in [1.165, 1.54) is 4.90 Å². The Morgan fingerprint density at radius 1 is 0.902 bits per heavy atom. The third-order valence-corrected chi connectivity index (χ3v) is 6.58. The minimum atomic E-state index is -1.31. The van der Waals surface area contributed by atoms with Crippen molar-refractivity contribution in [3.05, 3.63) is 65.2 Å². The first kappa shape index (κ1) is 33.3. The van der Waals surface area contributed by atoms with E-state index in [9.17, 15) is 19.2 Å². The van der Waals surface area contributed by atoms with Crippen LogP contribution in [0.5, 0.6) is 0 Å². The second-order valence-electron chi connectivity index (χ2n) is 11.4. The zero-order chi connectivity index (χ0) is 30.6. The van der Waals surface area contributed by atoms with Crippen LogP contribution in [-0.4, -0.2) is 46.9 Å². The summed E-state index contributed by atoms with van der Waals surface area (Å²) in [6, 6.07) is 12.4. The van der Waals surface area contributed by atoms with Gasteiger partial charge in [0.2, 0.25) is 11.8 Å². The summed E-state index contributed by atoms with van der Waals surface area (Å²) in [6.07, 6.45) is 3.33. The van der Waals surface area contributed by atoms with Crippen LogP contribution in [0.3, 0.4) is 0 Å². The minimum Gasteiger partial charge on any atom is -0.444 e. The molecule has 4 amide bonds. The molecule has 0 radical (unpaired) electrons. The lowest BCUT2D eigenvalue weighted by Crippen LogP contribution is -2.53. The molecule has 224 valence electrons. The number of hydrogen-bond donors (Lipinski definition) is 3. The molecule has 2 aromatic rings. The van der Waals surface area contributed by atoms with Crippen LogP contribution >= 0.6 is 0 Å². The van der Waals surface area contributed by atoms with Gasteiger partial charge in [-0.05, 0) is 57.7 Å². The van der Waals surface area contributed by atoms with Crippen LogP contribution in [0, 0.1) is 13.8 Å². The SMILES string of the molecule is CCCCCCCN(C(=O)C(CC(N)=O)NC(=O)OC(C)(C)C)C(C(=O)Nc1c(C)cccc1C)c1ccccc1. The summed E-state index contributed by atoms with van der Waals surface area (Å²) in [4.78, 5) is 54.3. The monoisotopic (exact) mass is 566 g/mol. The van der Waals surface area contributed by atoms with Crippen molar-refractivity contribution in [1.29, 1.82) is 0 Å². The van der Waals surface area contributed by atoms with E-state index >= 15 is 0 Å². The summed E-state index contributed by atoms with van der Waals surface area (Å²) >= 11 is 0. The van der Waals surface area contributed by atoms with Gasteiger partial charge in [0.15, 0.2) is 0 Å². The molecule has 9 nitrogen and oxygen atoms in total. The van der Waals surface area contributed by atoms with E-state index < -0.39 is 47.9 Å². The van der Waals surface area contributed by atoms with E-state index in [4.69, 9.17) is 10.5 Å². The van der Waals surface area contributed by atoms with Crippen LogP contribution in [0.25, 0.3) is 0 Å². The molecule has 41 heavy (non-hydrogen) atoms. The summed E-state index contributed by atoms with van der Waals surface area (Å²) in [5.74, 6) is -1.75. The number of primary amides is 1. The topological polar surface area (TPSA) is 131 Å². The standard InChI is InChI=1S/C32H46N4O5/c1-7-8-9-10-14-20-36(30(39)25(21-26(33)37)34-31(40)41-32(4,5)6)28(24-18-12-11-13-19-24)29(38)35-27-22(2)16-15-17-23(27)3/h11-13,15-19,25,28H,7-10,14,20-21H2,1-6H3,(H2,33,37)(H,34,40)(H,35,38). The van der Waals surface area contributed by atoms with Crippen LogP contribution in [0.2, 0.25) is 0 Å². The third-order valence-electron chi connectivity index (χ3n) is 6.58. The second-order valence-corrected chi connectivity index (χ2v) is 11.4. The maximum Gasteiger partial charge on any atom is 0.408 e. The maximum atomic E-state index is 14.2. The molecule has 0 fully saturated rings. The smallest absolute Gasteiger partial charge is 0.408 e. The quantitative estimate of drug-likeness (QED) is 0.258. The van der Waals surface area contributed by atoms with Crippen LogP contribution in [0.1, 0.15) is 89.0 Å². The van der Waals surface area contributed by atoms with E-state index in [2.05, 4.69) is 17.6 Å². The number of para-hydroxylation sites is 1. The van der Waals surface area contributed by atoms with Gasteiger partial charge in [-0.2, -0.15) is 0 Å². The van der Waals surface area contributed by atoms with Crippen LogP contribution in [-0.2, 0) is 19.1 Å². The molecule has 0 saturated heterocycles. The Balaban J connectivity index is 2.53. The van der Waals surface area contributed by atoms with E-state index in [-0.39, 0.29) is 6.54 Å². The summed E-state index contributed by atoms with van der Waals surface area (Å²) in [6.45, 7) is 11.3. The minimum absolute atomic E-state index is 0.244. The Morgan fingerprint density at radius 3 is 2.07 bits per heavy atom. The zero-order valence-electron chi connectivity index (χ0n) is 25.3. The van der Waals surface area contributed by atoms with Gasteiger partial charge in [0, 0.05) is 12.2 Å². The molecule has 2 rings (SSSR count). The van der Waals surface area contributed by atoms with Crippen molar-refractivity contribution >= 4 is 29.5 Å². The van der Waals surface area contributed by atoms with Gasteiger partial charge in [-0.3, -0.25) is 14.4 Å². The first-order valence-electron chi connectivity index (χ1n) is 14.3. The summed E-state index contributed by atoms with van der Waals surface area (Å²) in [7, 11) is 0. The van der Waals surface area contributed by atoms with Crippen LogP contribution in [0.15, 0.2) is 48.5 Å². The molecule has 0 heterocycles. The average molecular weight is 567 g/mol. The Kier molecular flexibility index (Phi) is 12.8. The first-order chi connectivity index (χ1) is 19.3. The Bertz CT molecular complexity index is 1160. The number of hydrogen-bond acceptors (Lipinski definition) is 5. The molecule has 0 bridgehead atoms. The molecule has 0 spiro atoms. The van der Waals surface area contributed by atoms with Gasteiger partial charge < -0.3 is 26.0 Å². The van der Waals surface area contributed by atoms with Gasteiger partial charge in [-0.15, -0.1) is 0 Å². The molecule has 2 unspecified atom stereocenters. The lowest BCUT2D eigenvalue weighted by molar-refractivity contribution is -0.142. The van der Waals surface area contributed by atoms with Crippen molar-refractivity contribution in [2.75, 3.05) is 11.9 Å². The molecule has 0 aliphatic carbocycles. The van der Waals surface area contributed by atoms with Crippen molar-refractivity contribution in [3.8, 4) is 0 Å². The fourth-order valence-electron chi connectivity index (χ4n) is 4.61. The van der Waals surface area contributed by atoms with Crippen molar-refractivity contribution in [1.82, 2.24) is 10.2 Å². The number of benzene rings is 2. The number of carbonyl (C=O) groups is 4. The Morgan fingerprint density at radius 2 is 1.51 bits per heavy atom. The number of aryl methyl sites for hydroxylation is 2. The van der Waals surface area contributed by atoms with Gasteiger partial charge in [0.05, 0.1) is 6.42 Å². The van der Waals surface area contributed by atoms with Crippen LogP contribution < -0.4 is 16.4 Å². The third kappa shape index (κ3) is 10.9. The summed E-state index contributed by atoms with van der Waals surface area (Å²) in [5, 5.41) is 5.56. The normalized spacial score (nSPS) is 12.6. The molecule has 0 aromatic heterocycles. The average Bonchev–Trinajstić information content (AvgIpc) is 2.88. The van der Waals surface area contributed by atoms with E-state index in [1.807, 2.05) is 38.1 Å². The highest BCUT2D eigenvalue weighted by Gasteiger charge is 2.37. The summed E-state index contributed by atoms with van der Waals surface area (Å²) in [5.41, 5.74) is 7.73. The predicted octanol–water partition coefficient (Wildman–Crippen LogP) is 5.55. The fraction of sp³-hybridized carbons (Fsp3) is 0.500. The Labute approximate surface area is 244 Å². The number of unbranched alkanes of at least 4 members (excludes halogenated alkanes) is 4. The van der Waals surface area contributed by atoms with Gasteiger partial charge in [0.1, 0.15) is 17.7 Å². The molecule has 0 saturated carbocycles. The molecular weight excluding hydrogens is 520 g/mol. The maximum absolute atomic E-state index is 14.2. The highest BCUT2D eigenvalue weighted by Crippen LogP contribution is 2.27. The predicted molar refractivity (Wildman–Crippen MR) is 161 cm³/mol. The molecule has 9 heteroatoms. The number of anilines is 1. The van der Waals surface area contributed by atoms with Gasteiger partial charge in [0.25, 0.3) is 5.91 Å². The molecule has 2 atom stereocenters. The first-order valence-corrected chi connectivity index (χ1v) is 14.3.